The normalized spacial score (nSPS) is 19.2. The molecule has 2 atom stereocenters. The Morgan fingerprint density at radius 2 is 2.00 bits per heavy atom. The van der Waals surface area contributed by atoms with E-state index in [0.29, 0.717) is 11.3 Å². The third-order valence-corrected chi connectivity index (χ3v) is 7.31. The zero-order valence-corrected chi connectivity index (χ0v) is 20.6. The molecule has 2 heterocycles. The number of benzene rings is 2. The van der Waals surface area contributed by atoms with Crippen LogP contribution in [0.4, 0.5) is 10.1 Å². The maximum absolute atomic E-state index is 14.2. The molecule has 1 fully saturated rings. The third-order valence-electron chi connectivity index (χ3n) is 6.03. The van der Waals surface area contributed by atoms with Crippen molar-refractivity contribution >= 4 is 35.2 Å². The molecule has 0 aliphatic carbocycles. The summed E-state index contributed by atoms with van der Waals surface area (Å²) in [5.41, 5.74) is 8.99. The van der Waals surface area contributed by atoms with Crippen molar-refractivity contribution in [2.75, 3.05) is 12.4 Å². The summed E-state index contributed by atoms with van der Waals surface area (Å²) in [4.78, 5) is 40.1. The van der Waals surface area contributed by atoms with E-state index in [9.17, 15) is 24.0 Å². The van der Waals surface area contributed by atoms with E-state index in [1.54, 1.807) is 12.1 Å². The number of hydrogen-bond acceptors (Lipinski definition) is 7. The minimum Gasteiger partial charge on any atom is -0.469 e. The molecule has 1 saturated heterocycles. The topological polar surface area (TPSA) is 126 Å². The number of ether oxygens (including phenoxy) is 1. The Hall–Kier alpha value is -4.10. The Balaban J connectivity index is 1.89. The summed E-state index contributed by atoms with van der Waals surface area (Å²) in [7, 11) is 1.21. The number of aryl methyl sites for hydroxylation is 2. The lowest BCUT2D eigenvalue weighted by molar-refractivity contribution is -0.142. The lowest BCUT2D eigenvalue weighted by Gasteiger charge is -2.32. The van der Waals surface area contributed by atoms with Crippen molar-refractivity contribution in [1.82, 2.24) is 4.90 Å². The van der Waals surface area contributed by atoms with Crippen LogP contribution in [0.25, 0.3) is 0 Å². The van der Waals surface area contributed by atoms with Gasteiger partial charge in [0.15, 0.2) is 0 Å². The summed E-state index contributed by atoms with van der Waals surface area (Å²) >= 11 is 0.996. The molecule has 0 saturated carbocycles. The molecule has 0 radical (unpaired) electrons. The van der Waals surface area contributed by atoms with Gasteiger partial charge in [0.05, 0.1) is 41.7 Å². The quantitative estimate of drug-likeness (QED) is 0.594. The van der Waals surface area contributed by atoms with Gasteiger partial charge in [0.25, 0.3) is 5.91 Å². The number of allylic oxidation sites excluding steroid dienone is 1. The molecule has 184 valence electrons. The SMILES string of the molecule is COC(=O)C[C@H]1SC2=C(C(=O)Nc3ccc(C)cc3C)[C@H](c3cccc(F)c3)C(C#N)=C(N)N2C1=O. The average molecular weight is 507 g/mol. The van der Waals surface area contributed by atoms with Crippen molar-refractivity contribution in [3.05, 3.63) is 87.0 Å². The summed E-state index contributed by atoms with van der Waals surface area (Å²) in [5.74, 6) is -3.46. The standard InChI is InChI=1S/C26H23FN4O4S/c1-13-7-8-18(14(2)9-13)30-24(33)22-21(15-5-4-6-16(27)10-15)17(12-28)23(29)31-25(34)19(36-26(22)31)11-20(32)35-3/h4-10,19,21H,11,29H2,1-3H3,(H,30,33)/t19-,21-/m1/s1. The molecule has 0 bridgehead atoms. The molecular weight excluding hydrogens is 483 g/mol. The highest BCUT2D eigenvalue weighted by Crippen LogP contribution is 2.50. The van der Waals surface area contributed by atoms with E-state index >= 15 is 0 Å². The molecule has 2 aliphatic heterocycles. The number of thioether (sulfide) groups is 1. The summed E-state index contributed by atoms with van der Waals surface area (Å²) in [6, 6.07) is 13.1. The van der Waals surface area contributed by atoms with Crippen LogP contribution in [0.2, 0.25) is 0 Å². The average Bonchev–Trinajstić information content (AvgIpc) is 3.16. The monoisotopic (exact) mass is 506 g/mol. The number of nitrogens with two attached hydrogens (primary N) is 1. The first-order valence-corrected chi connectivity index (χ1v) is 11.9. The number of nitrogens with one attached hydrogen (secondary N) is 1. The minimum atomic E-state index is -1.03. The van der Waals surface area contributed by atoms with Crippen LogP contribution in [0.15, 0.2) is 64.5 Å². The number of amides is 2. The first-order valence-electron chi connectivity index (χ1n) is 11.0. The summed E-state index contributed by atoms with van der Waals surface area (Å²) in [6.07, 6.45) is -0.244. The van der Waals surface area contributed by atoms with Gasteiger partial charge in [-0.05, 0) is 43.2 Å². The number of methoxy groups -OCH3 is 1. The first-order chi connectivity index (χ1) is 17.2. The second kappa shape index (κ2) is 9.87. The van der Waals surface area contributed by atoms with Crippen LogP contribution >= 0.6 is 11.8 Å². The second-order valence-corrected chi connectivity index (χ2v) is 9.64. The van der Waals surface area contributed by atoms with Crippen molar-refractivity contribution in [2.24, 2.45) is 5.73 Å². The fraction of sp³-hybridized carbons (Fsp3) is 0.231. The van der Waals surface area contributed by atoms with Crippen LogP contribution in [0.1, 0.15) is 29.0 Å². The van der Waals surface area contributed by atoms with Gasteiger partial charge in [-0.2, -0.15) is 5.26 Å². The van der Waals surface area contributed by atoms with Gasteiger partial charge in [0.2, 0.25) is 5.91 Å². The van der Waals surface area contributed by atoms with Gasteiger partial charge in [-0.3, -0.25) is 19.3 Å². The molecule has 10 heteroatoms. The number of nitriles is 1. The maximum Gasteiger partial charge on any atom is 0.307 e. The van der Waals surface area contributed by atoms with Crippen molar-refractivity contribution in [1.29, 1.82) is 5.26 Å². The highest BCUT2D eigenvalue weighted by Gasteiger charge is 2.48. The number of nitrogens with zero attached hydrogens (tertiary/aromatic N) is 2. The number of anilines is 1. The number of esters is 1. The zero-order chi connectivity index (χ0) is 26.1. The molecule has 3 N–H and O–H groups in total. The molecule has 0 spiro atoms. The number of rotatable bonds is 5. The molecule has 2 aromatic rings. The van der Waals surface area contributed by atoms with E-state index in [2.05, 4.69) is 5.32 Å². The van der Waals surface area contributed by atoms with Crippen LogP contribution in [0.5, 0.6) is 0 Å². The largest absolute Gasteiger partial charge is 0.469 e. The maximum atomic E-state index is 14.2. The predicted molar refractivity (Wildman–Crippen MR) is 132 cm³/mol. The predicted octanol–water partition coefficient (Wildman–Crippen LogP) is 3.59. The van der Waals surface area contributed by atoms with Crippen LogP contribution in [-0.2, 0) is 19.1 Å². The fourth-order valence-electron chi connectivity index (χ4n) is 4.31. The molecule has 0 unspecified atom stereocenters. The Morgan fingerprint density at radius 1 is 1.25 bits per heavy atom. The van der Waals surface area contributed by atoms with E-state index < -0.39 is 34.8 Å². The molecule has 0 aromatic heterocycles. The van der Waals surface area contributed by atoms with Gasteiger partial charge in [-0.15, -0.1) is 0 Å². The lowest BCUT2D eigenvalue weighted by Crippen LogP contribution is -2.39. The molecule has 4 rings (SSSR count). The van der Waals surface area contributed by atoms with Crippen molar-refractivity contribution in [3.8, 4) is 6.07 Å². The van der Waals surface area contributed by atoms with Gasteiger partial charge in [0.1, 0.15) is 16.9 Å². The van der Waals surface area contributed by atoms with Gasteiger partial charge < -0.3 is 15.8 Å². The highest BCUT2D eigenvalue weighted by atomic mass is 32.2. The smallest absolute Gasteiger partial charge is 0.307 e. The molecule has 2 amide bonds. The van der Waals surface area contributed by atoms with Crippen molar-refractivity contribution < 1.29 is 23.5 Å². The molecule has 2 aliphatic rings. The van der Waals surface area contributed by atoms with Crippen LogP contribution in [0.3, 0.4) is 0 Å². The van der Waals surface area contributed by atoms with E-state index in [1.807, 2.05) is 32.0 Å². The minimum absolute atomic E-state index is 0.0667. The summed E-state index contributed by atoms with van der Waals surface area (Å²) in [6.45, 7) is 3.77. The zero-order valence-electron chi connectivity index (χ0n) is 19.8. The number of carbonyl (C=O) groups excluding carboxylic acids is 3. The number of halogens is 1. The number of fused-ring (bicyclic) bond motifs is 1. The summed E-state index contributed by atoms with van der Waals surface area (Å²) in [5, 5.41) is 12.2. The lowest BCUT2D eigenvalue weighted by atomic mass is 9.82. The molecule has 2 aromatic carbocycles. The van der Waals surface area contributed by atoms with Crippen LogP contribution in [-0.4, -0.2) is 35.0 Å². The van der Waals surface area contributed by atoms with Crippen LogP contribution < -0.4 is 11.1 Å². The van der Waals surface area contributed by atoms with Gasteiger partial charge >= 0.3 is 5.97 Å². The first kappa shape index (κ1) is 25.0. The van der Waals surface area contributed by atoms with Gasteiger partial charge in [0, 0.05) is 5.69 Å². The Bertz CT molecular complexity index is 1390. The second-order valence-electron chi connectivity index (χ2n) is 8.45. The summed E-state index contributed by atoms with van der Waals surface area (Å²) < 4.78 is 18.9. The van der Waals surface area contributed by atoms with Gasteiger partial charge in [-0.25, -0.2) is 4.39 Å². The fourth-order valence-corrected chi connectivity index (χ4v) is 5.63. The van der Waals surface area contributed by atoms with E-state index in [1.165, 1.54) is 25.3 Å². The van der Waals surface area contributed by atoms with Crippen molar-refractivity contribution in [3.63, 3.8) is 0 Å². The number of hydrogen-bond donors (Lipinski definition) is 2. The third kappa shape index (κ3) is 4.45. The Labute approximate surface area is 211 Å². The van der Waals surface area contributed by atoms with E-state index in [-0.39, 0.29) is 28.4 Å². The Morgan fingerprint density at radius 3 is 2.64 bits per heavy atom. The van der Waals surface area contributed by atoms with Gasteiger partial charge in [-0.1, -0.05) is 41.6 Å². The van der Waals surface area contributed by atoms with Crippen LogP contribution in [0, 0.1) is 31.0 Å². The molecule has 36 heavy (non-hydrogen) atoms. The van der Waals surface area contributed by atoms with Crippen molar-refractivity contribution in [2.45, 2.75) is 31.4 Å². The number of carbonyl (C=O) groups is 3. The van der Waals surface area contributed by atoms with E-state index in [0.717, 1.165) is 27.8 Å². The molecule has 8 nitrogen and oxygen atoms in total. The van der Waals surface area contributed by atoms with E-state index in [4.69, 9.17) is 10.5 Å². The molecular formula is C26H23FN4O4S. The highest BCUT2D eigenvalue weighted by molar-refractivity contribution is 8.04. The Kier molecular flexibility index (Phi) is 6.86.